The molecule has 0 radical (unpaired) electrons. The number of hydrogen-bond acceptors (Lipinski definition) is 6. The van der Waals surface area contributed by atoms with Gasteiger partial charge in [-0.15, -0.1) is 11.3 Å². The molecule has 2 aromatic carbocycles. The van der Waals surface area contributed by atoms with Crippen molar-refractivity contribution in [2.75, 3.05) is 44.1 Å². The summed E-state index contributed by atoms with van der Waals surface area (Å²) in [6.07, 6.45) is 2.01. The van der Waals surface area contributed by atoms with Crippen LogP contribution in [0.3, 0.4) is 0 Å². The van der Waals surface area contributed by atoms with Crippen LogP contribution in [0.4, 0.5) is 11.4 Å². The molecule has 1 aliphatic rings. The molecule has 190 valence electrons. The van der Waals surface area contributed by atoms with Gasteiger partial charge in [0.05, 0.1) is 17.6 Å². The lowest BCUT2D eigenvalue weighted by molar-refractivity contribution is -0.121. The molecular formula is C28H33N3O4S. The molecule has 0 unspecified atom stereocenters. The Labute approximate surface area is 216 Å². The SMILES string of the molecule is CN(C)c1ccc(NC(=O)COCc2ccccc2)cc1CN(C[C@H]1CCCO1)C(=O)c1cccs1. The topological polar surface area (TPSA) is 71.1 Å². The van der Waals surface area contributed by atoms with E-state index >= 15 is 0 Å². The highest BCUT2D eigenvalue weighted by Gasteiger charge is 2.25. The minimum Gasteiger partial charge on any atom is -0.377 e. The van der Waals surface area contributed by atoms with Crippen molar-refractivity contribution in [3.8, 4) is 0 Å². The van der Waals surface area contributed by atoms with E-state index in [0.29, 0.717) is 30.3 Å². The lowest BCUT2D eigenvalue weighted by Crippen LogP contribution is -2.37. The highest BCUT2D eigenvalue weighted by atomic mass is 32.1. The van der Waals surface area contributed by atoms with E-state index in [2.05, 4.69) is 5.32 Å². The summed E-state index contributed by atoms with van der Waals surface area (Å²) in [5.41, 5.74) is 3.63. The van der Waals surface area contributed by atoms with Crippen LogP contribution in [0.5, 0.6) is 0 Å². The minimum atomic E-state index is -0.222. The van der Waals surface area contributed by atoms with Crippen molar-refractivity contribution in [2.24, 2.45) is 0 Å². The second-order valence-corrected chi connectivity index (χ2v) is 10.0. The van der Waals surface area contributed by atoms with Crippen LogP contribution in [-0.4, -0.2) is 56.7 Å². The van der Waals surface area contributed by atoms with Gasteiger partial charge in [-0.2, -0.15) is 0 Å². The van der Waals surface area contributed by atoms with Crippen LogP contribution in [-0.2, 0) is 27.4 Å². The van der Waals surface area contributed by atoms with Gasteiger partial charge in [-0.3, -0.25) is 9.59 Å². The molecule has 2 heterocycles. The maximum absolute atomic E-state index is 13.4. The Morgan fingerprint density at radius 1 is 1.11 bits per heavy atom. The van der Waals surface area contributed by atoms with Crippen LogP contribution in [0.25, 0.3) is 0 Å². The van der Waals surface area contributed by atoms with Gasteiger partial charge >= 0.3 is 0 Å². The smallest absolute Gasteiger partial charge is 0.264 e. The predicted octanol–water partition coefficient (Wildman–Crippen LogP) is 4.79. The highest BCUT2D eigenvalue weighted by molar-refractivity contribution is 7.12. The number of ether oxygens (including phenoxy) is 2. The molecule has 8 heteroatoms. The fourth-order valence-corrected chi connectivity index (χ4v) is 4.96. The van der Waals surface area contributed by atoms with E-state index < -0.39 is 0 Å². The number of rotatable bonds is 11. The number of amides is 2. The second-order valence-electron chi connectivity index (χ2n) is 9.06. The van der Waals surface area contributed by atoms with Crippen LogP contribution in [0.1, 0.15) is 33.6 Å². The van der Waals surface area contributed by atoms with Gasteiger partial charge in [-0.25, -0.2) is 0 Å². The molecule has 4 rings (SSSR count). The first kappa shape index (κ1) is 25.9. The van der Waals surface area contributed by atoms with Gasteiger partial charge in [-0.05, 0) is 53.6 Å². The van der Waals surface area contributed by atoms with Gasteiger partial charge in [0.25, 0.3) is 5.91 Å². The Morgan fingerprint density at radius 3 is 2.64 bits per heavy atom. The summed E-state index contributed by atoms with van der Waals surface area (Å²) in [4.78, 5) is 30.5. The van der Waals surface area contributed by atoms with E-state index in [9.17, 15) is 9.59 Å². The Balaban J connectivity index is 1.46. The summed E-state index contributed by atoms with van der Waals surface area (Å²) < 4.78 is 11.4. The van der Waals surface area contributed by atoms with Crippen LogP contribution in [0.15, 0.2) is 66.0 Å². The van der Waals surface area contributed by atoms with Crippen LogP contribution >= 0.6 is 11.3 Å². The molecule has 36 heavy (non-hydrogen) atoms. The summed E-state index contributed by atoms with van der Waals surface area (Å²) in [6.45, 7) is 2.03. The summed E-state index contributed by atoms with van der Waals surface area (Å²) >= 11 is 1.44. The molecule has 0 bridgehead atoms. The van der Waals surface area contributed by atoms with Crippen molar-refractivity contribution >= 4 is 34.5 Å². The highest BCUT2D eigenvalue weighted by Crippen LogP contribution is 2.27. The molecule has 7 nitrogen and oxygen atoms in total. The molecule has 3 aromatic rings. The van der Waals surface area contributed by atoms with Crippen molar-refractivity contribution < 1.29 is 19.1 Å². The summed E-state index contributed by atoms with van der Waals surface area (Å²) in [5, 5.41) is 4.84. The molecule has 0 aliphatic carbocycles. The average molecular weight is 508 g/mol. The van der Waals surface area contributed by atoms with Gasteiger partial charge in [0.15, 0.2) is 0 Å². The van der Waals surface area contributed by atoms with Gasteiger partial charge in [0.1, 0.15) is 6.61 Å². The lowest BCUT2D eigenvalue weighted by atomic mass is 10.1. The van der Waals surface area contributed by atoms with Crippen molar-refractivity contribution in [2.45, 2.75) is 32.1 Å². The van der Waals surface area contributed by atoms with E-state index in [1.807, 2.05) is 89.9 Å². The monoisotopic (exact) mass is 507 g/mol. The third kappa shape index (κ3) is 7.16. The van der Waals surface area contributed by atoms with Crippen molar-refractivity contribution in [3.05, 3.63) is 82.0 Å². The normalized spacial score (nSPS) is 15.0. The van der Waals surface area contributed by atoms with Crippen molar-refractivity contribution in [1.29, 1.82) is 0 Å². The number of thiophene rings is 1. The summed E-state index contributed by atoms with van der Waals surface area (Å²) in [5.74, 6) is -0.227. The third-order valence-electron chi connectivity index (χ3n) is 6.02. The molecule has 1 aliphatic heterocycles. The summed E-state index contributed by atoms with van der Waals surface area (Å²) in [7, 11) is 3.94. The second kappa shape index (κ2) is 12.7. The summed E-state index contributed by atoms with van der Waals surface area (Å²) in [6, 6.07) is 19.3. The lowest BCUT2D eigenvalue weighted by Gasteiger charge is -2.28. The van der Waals surface area contributed by atoms with E-state index in [1.54, 1.807) is 0 Å². The molecule has 1 aromatic heterocycles. The van der Waals surface area contributed by atoms with Gasteiger partial charge in [0.2, 0.25) is 5.91 Å². The molecule has 1 saturated heterocycles. The van der Waals surface area contributed by atoms with Crippen LogP contribution < -0.4 is 10.2 Å². The minimum absolute atomic E-state index is 0.00560. The maximum atomic E-state index is 13.4. The molecule has 2 amide bonds. The Kier molecular flexibility index (Phi) is 9.11. The number of carbonyl (C=O) groups excluding carboxylic acids is 2. The van der Waals surface area contributed by atoms with E-state index in [-0.39, 0.29) is 24.5 Å². The van der Waals surface area contributed by atoms with E-state index in [4.69, 9.17) is 9.47 Å². The molecule has 1 atom stereocenters. The Morgan fingerprint density at radius 2 is 1.94 bits per heavy atom. The first-order valence-corrected chi connectivity index (χ1v) is 13.0. The molecule has 1 N–H and O–H groups in total. The largest absolute Gasteiger partial charge is 0.377 e. The molecule has 0 spiro atoms. The third-order valence-corrected chi connectivity index (χ3v) is 6.88. The zero-order valence-corrected chi connectivity index (χ0v) is 21.6. The fourth-order valence-electron chi connectivity index (χ4n) is 4.27. The number of hydrogen-bond donors (Lipinski definition) is 1. The number of anilines is 2. The molecule has 1 fully saturated rings. The zero-order chi connectivity index (χ0) is 25.3. The van der Waals surface area contributed by atoms with E-state index in [1.165, 1.54) is 11.3 Å². The predicted molar refractivity (Wildman–Crippen MR) is 144 cm³/mol. The quantitative estimate of drug-likeness (QED) is 0.404. The van der Waals surface area contributed by atoms with E-state index in [0.717, 1.165) is 36.3 Å². The molecular weight excluding hydrogens is 474 g/mol. The first-order valence-electron chi connectivity index (χ1n) is 12.2. The maximum Gasteiger partial charge on any atom is 0.264 e. The standard InChI is InChI=1S/C28H33N3O4S/c1-30(2)25-13-12-23(29-27(32)20-34-19-21-8-4-3-5-9-21)16-22(25)17-31(18-24-10-6-14-35-24)28(33)26-11-7-15-36-26/h3-5,7-9,11-13,15-16,24H,6,10,14,17-20H2,1-2H3,(H,29,32)/t24-/m1/s1. The number of benzene rings is 2. The Hall–Kier alpha value is -3.20. The van der Waals surface area contributed by atoms with Crippen molar-refractivity contribution in [1.82, 2.24) is 4.90 Å². The fraction of sp³-hybridized carbons (Fsp3) is 0.357. The number of nitrogens with zero attached hydrogens (tertiary/aromatic N) is 2. The number of carbonyl (C=O) groups is 2. The Bertz CT molecular complexity index is 1130. The molecule has 0 saturated carbocycles. The van der Waals surface area contributed by atoms with Crippen LogP contribution in [0.2, 0.25) is 0 Å². The van der Waals surface area contributed by atoms with Gasteiger partial charge in [0, 0.05) is 45.2 Å². The average Bonchev–Trinajstić information content (AvgIpc) is 3.59. The number of nitrogens with one attached hydrogen (secondary N) is 1. The van der Waals surface area contributed by atoms with Crippen LogP contribution in [0, 0.1) is 0 Å². The van der Waals surface area contributed by atoms with Gasteiger partial charge < -0.3 is 24.6 Å². The zero-order valence-electron chi connectivity index (χ0n) is 20.8. The van der Waals surface area contributed by atoms with Crippen molar-refractivity contribution in [3.63, 3.8) is 0 Å². The first-order chi connectivity index (χ1) is 17.5. The van der Waals surface area contributed by atoms with Gasteiger partial charge in [-0.1, -0.05) is 36.4 Å².